The first-order valence-electron chi connectivity index (χ1n) is 8.03. The molecule has 0 aliphatic rings. The van der Waals surface area contributed by atoms with Crippen molar-refractivity contribution in [3.63, 3.8) is 0 Å². The monoisotopic (exact) mass is 332 g/mol. The molecule has 0 unspecified atom stereocenters. The molecule has 0 radical (unpaired) electrons. The fourth-order valence-electron chi connectivity index (χ4n) is 2.72. The van der Waals surface area contributed by atoms with Crippen LogP contribution in [0.3, 0.4) is 0 Å². The lowest BCUT2D eigenvalue weighted by atomic mass is 9.98. The number of hydrogen-bond acceptors (Lipinski definition) is 3. The summed E-state index contributed by atoms with van der Waals surface area (Å²) >= 11 is 0. The van der Waals surface area contributed by atoms with Gasteiger partial charge in [-0.1, -0.05) is 60.7 Å². The number of methoxy groups -OCH3 is 1. The Kier molecular flexibility index (Phi) is 5.00. The molecule has 126 valence electrons. The van der Waals surface area contributed by atoms with Crippen molar-refractivity contribution >= 4 is 11.6 Å². The largest absolute Gasteiger partial charge is 0.497 e. The molecule has 0 aliphatic heterocycles. The Morgan fingerprint density at radius 3 is 2.00 bits per heavy atom. The van der Waals surface area contributed by atoms with Gasteiger partial charge in [0, 0.05) is 5.69 Å². The molecule has 4 heteroatoms. The molecule has 0 bridgehead atoms. The Bertz CT molecular complexity index is 809. The van der Waals surface area contributed by atoms with Crippen LogP contribution < -0.4 is 15.8 Å². The Labute approximate surface area is 147 Å². The number of rotatable bonds is 5. The summed E-state index contributed by atoms with van der Waals surface area (Å²) in [7, 11) is 1.56. The van der Waals surface area contributed by atoms with E-state index in [0.717, 1.165) is 11.1 Å². The summed E-state index contributed by atoms with van der Waals surface area (Å²) < 4.78 is 5.20. The minimum atomic E-state index is -0.263. The van der Waals surface area contributed by atoms with Gasteiger partial charge in [-0.05, 0) is 29.3 Å². The topological polar surface area (TPSA) is 64.3 Å². The number of benzene rings is 3. The van der Waals surface area contributed by atoms with E-state index < -0.39 is 0 Å². The van der Waals surface area contributed by atoms with Crippen LogP contribution in [0, 0.1) is 0 Å². The molecule has 3 aromatic rings. The quantitative estimate of drug-likeness (QED) is 0.699. The predicted molar refractivity (Wildman–Crippen MR) is 99.6 cm³/mol. The van der Waals surface area contributed by atoms with Gasteiger partial charge in [-0.15, -0.1) is 0 Å². The number of carbonyl (C=O) groups excluding carboxylic acids is 1. The Balaban J connectivity index is 1.95. The second-order valence-corrected chi connectivity index (χ2v) is 5.68. The molecule has 1 amide bonds. The van der Waals surface area contributed by atoms with Gasteiger partial charge in [-0.3, -0.25) is 4.79 Å². The smallest absolute Gasteiger partial charge is 0.254 e. The van der Waals surface area contributed by atoms with Crippen LogP contribution in [0.1, 0.15) is 27.5 Å². The molecule has 3 aromatic carbocycles. The van der Waals surface area contributed by atoms with Crippen molar-refractivity contribution in [3.05, 3.63) is 95.6 Å². The highest BCUT2D eigenvalue weighted by atomic mass is 16.5. The third kappa shape index (κ3) is 3.80. The fraction of sp³-hybridized carbons (Fsp3) is 0.0952. The van der Waals surface area contributed by atoms with Gasteiger partial charge < -0.3 is 15.8 Å². The lowest BCUT2D eigenvalue weighted by Crippen LogP contribution is -2.30. The van der Waals surface area contributed by atoms with Gasteiger partial charge in [0.25, 0.3) is 5.91 Å². The molecule has 0 aromatic heterocycles. The molecular weight excluding hydrogens is 312 g/mol. The second-order valence-electron chi connectivity index (χ2n) is 5.68. The van der Waals surface area contributed by atoms with E-state index in [-0.39, 0.29) is 11.9 Å². The zero-order valence-electron chi connectivity index (χ0n) is 14.0. The lowest BCUT2D eigenvalue weighted by Gasteiger charge is -2.20. The van der Waals surface area contributed by atoms with E-state index in [1.54, 1.807) is 25.3 Å². The van der Waals surface area contributed by atoms with E-state index in [0.29, 0.717) is 17.0 Å². The molecule has 0 atom stereocenters. The van der Waals surface area contributed by atoms with E-state index >= 15 is 0 Å². The van der Waals surface area contributed by atoms with E-state index in [1.807, 2.05) is 60.7 Å². The van der Waals surface area contributed by atoms with E-state index in [4.69, 9.17) is 10.5 Å². The average molecular weight is 332 g/mol. The maximum atomic E-state index is 12.8. The summed E-state index contributed by atoms with van der Waals surface area (Å²) in [6, 6.07) is 24.5. The molecule has 4 nitrogen and oxygen atoms in total. The van der Waals surface area contributed by atoms with Gasteiger partial charge in [0.2, 0.25) is 0 Å². The molecule has 0 saturated heterocycles. The first-order chi connectivity index (χ1) is 12.2. The molecule has 25 heavy (non-hydrogen) atoms. The van der Waals surface area contributed by atoms with Crippen molar-refractivity contribution < 1.29 is 9.53 Å². The number of ether oxygens (including phenoxy) is 1. The van der Waals surface area contributed by atoms with E-state index in [9.17, 15) is 4.79 Å². The number of hydrogen-bond donors (Lipinski definition) is 2. The molecular formula is C21H20N2O2. The van der Waals surface area contributed by atoms with E-state index in [1.165, 1.54) is 0 Å². The Hall–Kier alpha value is -3.27. The van der Waals surface area contributed by atoms with Crippen LogP contribution in [0.4, 0.5) is 5.69 Å². The van der Waals surface area contributed by atoms with Crippen LogP contribution in [0.15, 0.2) is 78.9 Å². The number of nitrogen functional groups attached to an aromatic ring is 1. The van der Waals surface area contributed by atoms with Crippen molar-refractivity contribution in [1.82, 2.24) is 5.32 Å². The Morgan fingerprint density at radius 1 is 0.920 bits per heavy atom. The summed E-state index contributed by atoms with van der Waals surface area (Å²) in [6.07, 6.45) is 0. The third-order valence-electron chi connectivity index (χ3n) is 4.05. The number of amides is 1. The van der Waals surface area contributed by atoms with Crippen LogP contribution in [-0.4, -0.2) is 13.0 Å². The summed E-state index contributed by atoms with van der Waals surface area (Å²) in [5.41, 5.74) is 8.80. The second kappa shape index (κ2) is 7.53. The molecule has 0 aliphatic carbocycles. The average Bonchev–Trinajstić information content (AvgIpc) is 2.67. The molecule has 0 saturated carbocycles. The summed E-state index contributed by atoms with van der Waals surface area (Å²) in [6.45, 7) is 0. The Morgan fingerprint density at radius 2 is 1.48 bits per heavy atom. The lowest BCUT2D eigenvalue weighted by molar-refractivity contribution is 0.0943. The highest BCUT2D eigenvalue weighted by Crippen LogP contribution is 2.24. The maximum Gasteiger partial charge on any atom is 0.254 e. The first kappa shape index (κ1) is 16.6. The summed E-state index contributed by atoms with van der Waals surface area (Å²) in [5.74, 6) is 0.351. The van der Waals surface area contributed by atoms with Crippen molar-refractivity contribution in [2.45, 2.75) is 6.04 Å². The number of carbonyl (C=O) groups is 1. The number of nitrogens with one attached hydrogen (secondary N) is 1. The van der Waals surface area contributed by atoms with Crippen LogP contribution in [-0.2, 0) is 0 Å². The minimum absolute atomic E-state index is 0.242. The molecule has 0 fully saturated rings. The van der Waals surface area contributed by atoms with Gasteiger partial charge in [0.05, 0.1) is 18.7 Å². The van der Waals surface area contributed by atoms with Crippen LogP contribution in [0.2, 0.25) is 0 Å². The number of anilines is 1. The highest BCUT2D eigenvalue weighted by molar-refractivity contribution is 6.00. The zero-order valence-corrected chi connectivity index (χ0v) is 14.0. The number of nitrogens with two attached hydrogens (primary N) is 1. The van der Waals surface area contributed by atoms with Gasteiger partial charge in [0.1, 0.15) is 5.75 Å². The van der Waals surface area contributed by atoms with Gasteiger partial charge in [-0.2, -0.15) is 0 Å². The zero-order chi connectivity index (χ0) is 17.6. The van der Waals surface area contributed by atoms with Gasteiger partial charge in [0.15, 0.2) is 0 Å². The van der Waals surface area contributed by atoms with Crippen molar-refractivity contribution in [2.24, 2.45) is 0 Å². The van der Waals surface area contributed by atoms with Crippen LogP contribution in [0.5, 0.6) is 5.75 Å². The SMILES string of the molecule is COc1ccc(N)c(C(=O)NC(c2ccccc2)c2ccccc2)c1. The fourth-order valence-corrected chi connectivity index (χ4v) is 2.72. The molecule has 0 spiro atoms. The van der Waals surface area contributed by atoms with Gasteiger partial charge >= 0.3 is 0 Å². The van der Waals surface area contributed by atoms with Crippen molar-refractivity contribution in [2.75, 3.05) is 12.8 Å². The van der Waals surface area contributed by atoms with Crippen LogP contribution in [0.25, 0.3) is 0 Å². The van der Waals surface area contributed by atoms with Crippen molar-refractivity contribution in [3.8, 4) is 5.75 Å². The molecule has 3 N–H and O–H groups in total. The molecule has 0 heterocycles. The summed E-state index contributed by atoms with van der Waals surface area (Å²) in [4.78, 5) is 12.8. The predicted octanol–water partition coefficient (Wildman–Crippen LogP) is 3.80. The van der Waals surface area contributed by atoms with Crippen LogP contribution >= 0.6 is 0 Å². The third-order valence-corrected chi connectivity index (χ3v) is 4.05. The summed E-state index contributed by atoms with van der Waals surface area (Å²) in [5, 5.41) is 3.08. The normalized spacial score (nSPS) is 10.5. The molecule has 3 rings (SSSR count). The maximum absolute atomic E-state index is 12.8. The standard InChI is InChI=1S/C21H20N2O2/c1-25-17-12-13-19(22)18(14-17)21(24)23-20(15-8-4-2-5-9-15)16-10-6-3-7-11-16/h2-14,20H,22H2,1H3,(H,23,24). The van der Waals surface area contributed by atoms with E-state index in [2.05, 4.69) is 5.32 Å². The first-order valence-corrected chi connectivity index (χ1v) is 8.03. The highest BCUT2D eigenvalue weighted by Gasteiger charge is 2.19. The van der Waals surface area contributed by atoms with Crippen molar-refractivity contribution in [1.29, 1.82) is 0 Å². The minimum Gasteiger partial charge on any atom is -0.497 e. The van der Waals surface area contributed by atoms with Gasteiger partial charge in [-0.25, -0.2) is 0 Å².